The first-order chi connectivity index (χ1) is 9.78. The molecule has 0 spiro atoms. The fourth-order valence-corrected chi connectivity index (χ4v) is 2.76. The zero-order valence-electron chi connectivity index (χ0n) is 10.7. The van der Waals surface area contributed by atoms with Gasteiger partial charge in [0.15, 0.2) is 11.0 Å². The van der Waals surface area contributed by atoms with Gasteiger partial charge in [-0.15, -0.1) is 0 Å². The fraction of sp³-hybridized carbons (Fsp3) is 0.308. The zero-order chi connectivity index (χ0) is 13.5. The van der Waals surface area contributed by atoms with E-state index in [0.29, 0.717) is 11.7 Å². The predicted octanol–water partition coefficient (Wildman–Crippen LogP) is 2.70. The number of nitrogen functional groups attached to an aromatic ring is 1. The molecule has 0 bridgehead atoms. The van der Waals surface area contributed by atoms with E-state index in [9.17, 15) is 0 Å². The van der Waals surface area contributed by atoms with Crippen LogP contribution in [-0.2, 0) is 5.75 Å². The van der Waals surface area contributed by atoms with Crippen LogP contribution in [-0.4, -0.2) is 20.1 Å². The number of imidazole rings is 1. The third-order valence-electron chi connectivity index (χ3n) is 3.23. The van der Waals surface area contributed by atoms with Gasteiger partial charge in [0.05, 0.1) is 16.8 Å². The van der Waals surface area contributed by atoms with E-state index in [1.807, 2.05) is 18.2 Å². The van der Waals surface area contributed by atoms with Crippen LogP contribution >= 0.6 is 11.8 Å². The molecule has 1 aliphatic carbocycles. The van der Waals surface area contributed by atoms with Crippen LogP contribution in [0.4, 0.5) is 5.69 Å². The molecule has 0 radical (unpaired) electrons. The fourth-order valence-electron chi connectivity index (χ4n) is 2.03. The van der Waals surface area contributed by atoms with E-state index < -0.39 is 0 Å². The van der Waals surface area contributed by atoms with Crippen molar-refractivity contribution in [2.45, 2.75) is 29.7 Å². The summed E-state index contributed by atoms with van der Waals surface area (Å²) in [6.07, 6.45) is 2.33. The first kappa shape index (κ1) is 11.8. The summed E-state index contributed by atoms with van der Waals surface area (Å²) in [6.45, 7) is 0. The van der Waals surface area contributed by atoms with Crippen molar-refractivity contribution in [3.05, 3.63) is 29.9 Å². The number of benzene rings is 1. The van der Waals surface area contributed by atoms with Crippen molar-refractivity contribution in [3.8, 4) is 0 Å². The highest BCUT2D eigenvalue weighted by atomic mass is 32.2. The molecule has 2 aromatic heterocycles. The van der Waals surface area contributed by atoms with Gasteiger partial charge in [-0.3, -0.25) is 0 Å². The second-order valence-electron chi connectivity index (χ2n) is 4.93. The van der Waals surface area contributed by atoms with Crippen molar-refractivity contribution >= 4 is 28.5 Å². The van der Waals surface area contributed by atoms with Crippen LogP contribution in [0, 0.1) is 0 Å². The molecule has 7 heteroatoms. The van der Waals surface area contributed by atoms with Crippen LogP contribution in [0.5, 0.6) is 0 Å². The summed E-state index contributed by atoms with van der Waals surface area (Å²) in [5.74, 6) is 2.64. The van der Waals surface area contributed by atoms with Gasteiger partial charge in [0.2, 0.25) is 5.89 Å². The SMILES string of the molecule is Nc1ccc2nc(SCc3noc(C4CC4)n3)[nH]c2c1. The molecular formula is C13H13N5OS. The van der Waals surface area contributed by atoms with Gasteiger partial charge in [-0.25, -0.2) is 4.98 Å². The Morgan fingerprint density at radius 2 is 2.25 bits per heavy atom. The molecule has 3 aromatic rings. The molecule has 0 atom stereocenters. The summed E-state index contributed by atoms with van der Waals surface area (Å²) in [4.78, 5) is 12.1. The van der Waals surface area contributed by atoms with E-state index in [0.717, 1.165) is 33.6 Å². The Labute approximate surface area is 119 Å². The highest BCUT2D eigenvalue weighted by molar-refractivity contribution is 7.98. The number of aromatic nitrogens is 4. The van der Waals surface area contributed by atoms with Gasteiger partial charge in [0, 0.05) is 11.6 Å². The number of nitrogens with one attached hydrogen (secondary N) is 1. The second kappa shape index (κ2) is 4.52. The van der Waals surface area contributed by atoms with Gasteiger partial charge in [0.1, 0.15) is 0 Å². The summed E-state index contributed by atoms with van der Waals surface area (Å²) in [5, 5.41) is 4.83. The third-order valence-corrected chi connectivity index (χ3v) is 4.10. The summed E-state index contributed by atoms with van der Waals surface area (Å²) < 4.78 is 5.23. The number of fused-ring (bicyclic) bond motifs is 1. The first-order valence-electron chi connectivity index (χ1n) is 6.48. The number of thioether (sulfide) groups is 1. The lowest BCUT2D eigenvalue weighted by atomic mass is 10.3. The van der Waals surface area contributed by atoms with Crippen molar-refractivity contribution in [2.75, 3.05) is 5.73 Å². The van der Waals surface area contributed by atoms with Crippen molar-refractivity contribution < 1.29 is 4.52 Å². The zero-order valence-corrected chi connectivity index (χ0v) is 11.5. The average molecular weight is 287 g/mol. The molecule has 20 heavy (non-hydrogen) atoms. The minimum absolute atomic E-state index is 0.496. The second-order valence-corrected chi connectivity index (χ2v) is 5.89. The van der Waals surface area contributed by atoms with Gasteiger partial charge < -0.3 is 15.2 Å². The number of H-pyrrole nitrogens is 1. The van der Waals surface area contributed by atoms with E-state index >= 15 is 0 Å². The largest absolute Gasteiger partial charge is 0.399 e. The Morgan fingerprint density at radius 3 is 3.10 bits per heavy atom. The summed E-state index contributed by atoms with van der Waals surface area (Å²) in [5.41, 5.74) is 8.33. The highest BCUT2D eigenvalue weighted by Crippen LogP contribution is 2.39. The van der Waals surface area contributed by atoms with Crippen LogP contribution in [0.1, 0.15) is 30.5 Å². The number of nitrogens with two attached hydrogens (primary N) is 1. The van der Waals surface area contributed by atoms with Gasteiger partial charge in [-0.1, -0.05) is 16.9 Å². The maximum absolute atomic E-state index is 5.75. The molecule has 0 amide bonds. The number of hydrogen-bond donors (Lipinski definition) is 2. The molecule has 0 unspecified atom stereocenters. The topological polar surface area (TPSA) is 93.6 Å². The number of rotatable bonds is 4. The van der Waals surface area contributed by atoms with E-state index in [1.54, 1.807) is 11.8 Å². The molecule has 3 N–H and O–H groups in total. The Balaban J connectivity index is 1.48. The van der Waals surface area contributed by atoms with Gasteiger partial charge >= 0.3 is 0 Å². The summed E-state index contributed by atoms with van der Waals surface area (Å²) >= 11 is 1.56. The Kier molecular flexibility index (Phi) is 2.66. The molecule has 102 valence electrons. The number of hydrogen-bond acceptors (Lipinski definition) is 6. The van der Waals surface area contributed by atoms with Gasteiger partial charge in [0.25, 0.3) is 0 Å². The summed E-state index contributed by atoms with van der Waals surface area (Å²) in [7, 11) is 0. The van der Waals surface area contributed by atoms with Crippen molar-refractivity contribution in [2.24, 2.45) is 0 Å². The van der Waals surface area contributed by atoms with Crippen molar-refractivity contribution in [1.82, 2.24) is 20.1 Å². The Bertz CT molecular complexity index is 761. The highest BCUT2D eigenvalue weighted by Gasteiger charge is 2.29. The normalized spacial score (nSPS) is 15.0. The van der Waals surface area contributed by atoms with Crippen LogP contribution < -0.4 is 5.73 Å². The van der Waals surface area contributed by atoms with Crippen LogP contribution in [0.15, 0.2) is 27.9 Å². The maximum Gasteiger partial charge on any atom is 0.229 e. The van der Waals surface area contributed by atoms with E-state index in [2.05, 4.69) is 20.1 Å². The van der Waals surface area contributed by atoms with Crippen molar-refractivity contribution in [3.63, 3.8) is 0 Å². The summed E-state index contributed by atoms with van der Waals surface area (Å²) in [6, 6.07) is 5.63. The average Bonchev–Trinajstić information content (AvgIpc) is 3.04. The van der Waals surface area contributed by atoms with Gasteiger partial charge in [-0.05, 0) is 31.0 Å². The van der Waals surface area contributed by atoms with E-state index in [4.69, 9.17) is 10.3 Å². The number of anilines is 1. The van der Waals surface area contributed by atoms with Crippen LogP contribution in [0.25, 0.3) is 11.0 Å². The lowest BCUT2D eigenvalue weighted by Crippen LogP contribution is -1.85. The molecule has 2 heterocycles. The molecule has 0 aliphatic heterocycles. The smallest absolute Gasteiger partial charge is 0.229 e. The monoisotopic (exact) mass is 287 g/mol. The number of nitrogens with zero attached hydrogens (tertiary/aromatic N) is 3. The lowest BCUT2D eigenvalue weighted by molar-refractivity contribution is 0.375. The molecular weight excluding hydrogens is 274 g/mol. The minimum atomic E-state index is 0.496. The molecule has 1 aliphatic rings. The number of aromatic amines is 1. The maximum atomic E-state index is 5.75. The van der Waals surface area contributed by atoms with Gasteiger partial charge in [-0.2, -0.15) is 4.98 Å². The molecule has 6 nitrogen and oxygen atoms in total. The van der Waals surface area contributed by atoms with Crippen LogP contribution in [0.3, 0.4) is 0 Å². The van der Waals surface area contributed by atoms with Crippen LogP contribution in [0.2, 0.25) is 0 Å². The third kappa shape index (κ3) is 2.24. The standard InChI is InChI=1S/C13H13N5OS/c14-8-3-4-9-10(5-8)16-13(15-9)20-6-11-17-12(19-18-11)7-1-2-7/h3-5,7H,1-2,6,14H2,(H,15,16). The van der Waals surface area contributed by atoms with Crippen molar-refractivity contribution in [1.29, 1.82) is 0 Å². The molecule has 1 fully saturated rings. The minimum Gasteiger partial charge on any atom is -0.399 e. The molecule has 1 saturated carbocycles. The molecule has 4 rings (SSSR count). The Hall–Kier alpha value is -2.02. The van der Waals surface area contributed by atoms with E-state index in [-0.39, 0.29) is 0 Å². The Morgan fingerprint density at radius 1 is 1.35 bits per heavy atom. The molecule has 1 aromatic carbocycles. The molecule has 0 saturated heterocycles. The predicted molar refractivity (Wildman–Crippen MR) is 76.3 cm³/mol. The van der Waals surface area contributed by atoms with E-state index in [1.165, 1.54) is 12.8 Å². The first-order valence-corrected chi connectivity index (χ1v) is 7.47. The quantitative estimate of drug-likeness (QED) is 0.566. The lowest BCUT2D eigenvalue weighted by Gasteiger charge is -1.91.